The molecule has 0 fully saturated rings. The topological polar surface area (TPSA) is 52.3 Å². The quantitative estimate of drug-likeness (QED) is 0.790. The molecule has 0 aliphatic heterocycles. The fourth-order valence-corrected chi connectivity index (χ4v) is 1.99. The zero-order valence-electron chi connectivity index (χ0n) is 10.3. The minimum absolute atomic E-state index is 0.362. The van der Waals surface area contributed by atoms with E-state index in [1.807, 2.05) is 13.8 Å². The van der Waals surface area contributed by atoms with Gasteiger partial charge in [0, 0.05) is 0 Å². The smallest absolute Gasteiger partial charge is 0.322 e. The molecule has 0 saturated heterocycles. The minimum Gasteiger partial charge on any atom is -0.468 e. The Morgan fingerprint density at radius 1 is 1.31 bits per heavy atom. The molecule has 1 rings (SSSR count). The number of hydrogen-bond acceptors (Lipinski definition) is 3. The maximum absolute atomic E-state index is 11.3. The maximum Gasteiger partial charge on any atom is 0.322 e. The number of aryl methyl sites for hydroxylation is 3. The van der Waals surface area contributed by atoms with Crippen molar-refractivity contribution in [2.75, 3.05) is 7.11 Å². The van der Waals surface area contributed by atoms with Crippen LogP contribution < -0.4 is 5.73 Å². The number of carbonyl (C=O) groups is 1. The lowest BCUT2D eigenvalue weighted by atomic mass is 9.95. The third-order valence-corrected chi connectivity index (χ3v) is 2.77. The van der Waals surface area contributed by atoms with E-state index in [2.05, 4.69) is 23.8 Å². The van der Waals surface area contributed by atoms with Gasteiger partial charge in [-0.25, -0.2) is 0 Å². The van der Waals surface area contributed by atoms with Crippen molar-refractivity contribution >= 4 is 5.97 Å². The molecule has 0 saturated carbocycles. The van der Waals surface area contributed by atoms with E-state index in [4.69, 9.17) is 5.73 Å². The van der Waals surface area contributed by atoms with Gasteiger partial charge in [-0.1, -0.05) is 17.7 Å². The van der Waals surface area contributed by atoms with Gasteiger partial charge in [0.15, 0.2) is 0 Å². The molecule has 0 aliphatic carbocycles. The highest BCUT2D eigenvalue weighted by Gasteiger charge is 2.16. The highest BCUT2D eigenvalue weighted by Crippen LogP contribution is 2.17. The van der Waals surface area contributed by atoms with Crippen LogP contribution >= 0.6 is 0 Å². The molecule has 88 valence electrons. The molecule has 0 aliphatic rings. The second kappa shape index (κ2) is 5.12. The van der Waals surface area contributed by atoms with Crippen LogP contribution in [0.15, 0.2) is 12.1 Å². The third-order valence-electron chi connectivity index (χ3n) is 2.77. The summed E-state index contributed by atoms with van der Waals surface area (Å²) >= 11 is 0. The molecule has 0 amide bonds. The Morgan fingerprint density at radius 3 is 2.25 bits per heavy atom. The molecule has 2 N–H and O–H groups in total. The Balaban J connectivity index is 2.93. The average molecular weight is 221 g/mol. The second-order valence-electron chi connectivity index (χ2n) is 4.21. The van der Waals surface area contributed by atoms with Crippen LogP contribution in [0.1, 0.15) is 22.3 Å². The van der Waals surface area contributed by atoms with E-state index >= 15 is 0 Å². The molecule has 0 radical (unpaired) electrons. The molecule has 0 aromatic heterocycles. The monoisotopic (exact) mass is 221 g/mol. The zero-order valence-corrected chi connectivity index (χ0v) is 10.3. The van der Waals surface area contributed by atoms with Gasteiger partial charge in [0.2, 0.25) is 0 Å². The van der Waals surface area contributed by atoms with Crippen LogP contribution in [0.5, 0.6) is 0 Å². The molecule has 0 spiro atoms. The fraction of sp³-hybridized carbons (Fsp3) is 0.462. The van der Waals surface area contributed by atoms with Crippen molar-refractivity contribution < 1.29 is 9.53 Å². The van der Waals surface area contributed by atoms with Crippen molar-refractivity contribution in [2.45, 2.75) is 33.2 Å². The number of carbonyl (C=O) groups excluding carboxylic acids is 1. The van der Waals surface area contributed by atoms with Crippen molar-refractivity contribution in [3.8, 4) is 0 Å². The standard InChI is InChI=1S/C13H19NO2/c1-8-5-9(2)11(10(3)6-8)7-12(14)13(15)16-4/h5-6,12H,7,14H2,1-4H3/t12-/m1/s1. The molecule has 0 unspecified atom stereocenters. The van der Waals surface area contributed by atoms with E-state index in [1.54, 1.807) is 0 Å². The molecule has 3 nitrogen and oxygen atoms in total. The fourth-order valence-electron chi connectivity index (χ4n) is 1.99. The van der Waals surface area contributed by atoms with Crippen LogP contribution in [-0.2, 0) is 16.0 Å². The highest BCUT2D eigenvalue weighted by molar-refractivity contribution is 5.75. The molecule has 1 aromatic rings. The first-order valence-corrected chi connectivity index (χ1v) is 5.36. The first-order chi connectivity index (χ1) is 7.45. The van der Waals surface area contributed by atoms with E-state index in [-0.39, 0.29) is 5.97 Å². The van der Waals surface area contributed by atoms with Crippen molar-refractivity contribution in [3.63, 3.8) is 0 Å². The molecule has 0 heterocycles. The van der Waals surface area contributed by atoms with Crippen molar-refractivity contribution in [2.24, 2.45) is 5.73 Å². The van der Waals surface area contributed by atoms with Gasteiger partial charge in [-0.05, 0) is 43.9 Å². The number of ether oxygens (including phenoxy) is 1. The number of rotatable bonds is 3. The van der Waals surface area contributed by atoms with Gasteiger partial charge in [0.1, 0.15) is 6.04 Å². The predicted octanol–water partition coefficient (Wildman–Crippen LogP) is 1.65. The van der Waals surface area contributed by atoms with Crippen molar-refractivity contribution in [1.29, 1.82) is 0 Å². The molecular weight excluding hydrogens is 202 g/mol. The largest absolute Gasteiger partial charge is 0.468 e. The van der Waals surface area contributed by atoms with E-state index in [0.29, 0.717) is 6.42 Å². The van der Waals surface area contributed by atoms with Crippen LogP contribution in [0.2, 0.25) is 0 Å². The Hall–Kier alpha value is -1.35. The zero-order chi connectivity index (χ0) is 12.3. The second-order valence-corrected chi connectivity index (χ2v) is 4.21. The summed E-state index contributed by atoms with van der Waals surface area (Å²) in [5, 5.41) is 0. The minimum atomic E-state index is -0.579. The Morgan fingerprint density at radius 2 is 1.81 bits per heavy atom. The van der Waals surface area contributed by atoms with E-state index in [1.165, 1.54) is 23.8 Å². The first kappa shape index (κ1) is 12.7. The van der Waals surface area contributed by atoms with Gasteiger partial charge in [0.25, 0.3) is 0 Å². The normalized spacial score (nSPS) is 12.3. The summed E-state index contributed by atoms with van der Waals surface area (Å²) in [6.07, 6.45) is 0.532. The summed E-state index contributed by atoms with van der Waals surface area (Å²) in [7, 11) is 1.36. The summed E-state index contributed by atoms with van der Waals surface area (Å²) in [5.74, 6) is -0.362. The van der Waals surface area contributed by atoms with Crippen molar-refractivity contribution in [3.05, 3.63) is 34.4 Å². The van der Waals surface area contributed by atoms with Gasteiger partial charge in [0.05, 0.1) is 7.11 Å². The van der Waals surface area contributed by atoms with Crippen LogP contribution in [0.25, 0.3) is 0 Å². The summed E-state index contributed by atoms with van der Waals surface area (Å²) in [6.45, 7) is 6.14. The molecule has 0 bridgehead atoms. The molecule has 1 aromatic carbocycles. The summed E-state index contributed by atoms with van der Waals surface area (Å²) in [5.41, 5.74) is 10.5. The Kier molecular flexibility index (Phi) is 4.07. The van der Waals surface area contributed by atoms with Crippen LogP contribution in [0.3, 0.4) is 0 Å². The number of benzene rings is 1. The van der Waals surface area contributed by atoms with Crippen LogP contribution in [-0.4, -0.2) is 19.1 Å². The Bertz CT molecular complexity index is 376. The number of esters is 1. The highest BCUT2D eigenvalue weighted by atomic mass is 16.5. The van der Waals surface area contributed by atoms with Crippen LogP contribution in [0, 0.1) is 20.8 Å². The van der Waals surface area contributed by atoms with Gasteiger partial charge < -0.3 is 10.5 Å². The summed E-state index contributed by atoms with van der Waals surface area (Å²) in [6, 6.07) is 3.63. The number of nitrogens with two attached hydrogens (primary N) is 1. The third kappa shape index (κ3) is 2.83. The van der Waals surface area contributed by atoms with Crippen molar-refractivity contribution in [1.82, 2.24) is 0 Å². The van der Waals surface area contributed by atoms with Gasteiger partial charge in [-0.2, -0.15) is 0 Å². The van der Waals surface area contributed by atoms with E-state index in [0.717, 1.165) is 5.56 Å². The maximum atomic E-state index is 11.3. The predicted molar refractivity (Wildman–Crippen MR) is 64.3 cm³/mol. The molecule has 3 heteroatoms. The SMILES string of the molecule is COC(=O)[C@H](N)Cc1c(C)cc(C)cc1C. The van der Waals surface area contributed by atoms with E-state index < -0.39 is 6.04 Å². The van der Waals surface area contributed by atoms with Gasteiger partial charge >= 0.3 is 5.97 Å². The summed E-state index contributed by atoms with van der Waals surface area (Å²) < 4.78 is 4.62. The lowest BCUT2D eigenvalue weighted by molar-refractivity contribution is -0.142. The lowest BCUT2D eigenvalue weighted by Crippen LogP contribution is -2.34. The first-order valence-electron chi connectivity index (χ1n) is 5.36. The average Bonchev–Trinajstić information content (AvgIpc) is 2.21. The lowest BCUT2D eigenvalue weighted by Gasteiger charge is -2.14. The molecule has 1 atom stereocenters. The number of hydrogen-bond donors (Lipinski definition) is 1. The Labute approximate surface area is 96.6 Å². The number of methoxy groups -OCH3 is 1. The molecule has 16 heavy (non-hydrogen) atoms. The van der Waals surface area contributed by atoms with Crippen LogP contribution in [0.4, 0.5) is 0 Å². The molecular formula is C13H19NO2. The van der Waals surface area contributed by atoms with E-state index in [9.17, 15) is 4.79 Å². The van der Waals surface area contributed by atoms with Gasteiger partial charge in [-0.15, -0.1) is 0 Å². The van der Waals surface area contributed by atoms with Gasteiger partial charge in [-0.3, -0.25) is 4.79 Å². The summed E-state index contributed by atoms with van der Waals surface area (Å²) in [4.78, 5) is 11.3.